The van der Waals surface area contributed by atoms with Crippen LogP contribution in [-0.4, -0.2) is 9.78 Å². The minimum Gasteiger partial charge on any atom is -0.323 e. The van der Waals surface area contributed by atoms with Gasteiger partial charge in [0.15, 0.2) is 0 Å². The molecule has 1 unspecified atom stereocenters. The van der Waals surface area contributed by atoms with Gasteiger partial charge in [0.05, 0.1) is 5.69 Å². The van der Waals surface area contributed by atoms with E-state index in [1.807, 2.05) is 26.1 Å². The third-order valence-electron chi connectivity index (χ3n) is 3.04. The highest BCUT2D eigenvalue weighted by Gasteiger charge is 2.19. The average Bonchev–Trinajstić information content (AvgIpc) is 2.75. The van der Waals surface area contributed by atoms with Crippen LogP contribution in [0.4, 0.5) is 8.78 Å². The van der Waals surface area contributed by atoms with Gasteiger partial charge in [0, 0.05) is 34.7 Å². The Kier molecular flexibility index (Phi) is 4.55. The highest BCUT2D eigenvalue weighted by atomic mass is 79.9. The number of benzene rings is 1. The van der Waals surface area contributed by atoms with E-state index < -0.39 is 17.7 Å². The summed E-state index contributed by atoms with van der Waals surface area (Å²) in [5.74, 6) is -1.29. The molecule has 6 heteroatoms. The summed E-state index contributed by atoms with van der Waals surface area (Å²) >= 11 is 3.05. The largest absolute Gasteiger partial charge is 0.323 e. The monoisotopic (exact) mass is 343 g/mol. The van der Waals surface area contributed by atoms with Crippen LogP contribution >= 0.6 is 15.9 Å². The highest BCUT2D eigenvalue weighted by molar-refractivity contribution is 9.10. The van der Waals surface area contributed by atoms with Crippen LogP contribution in [0.25, 0.3) is 0 Å². The lowest BCUT2D eigenvalue weighted by Crippen LogP contribution is -2.17. The minimum atomic E-state index is -0.765. The van der Waals surface area contributed by atoms with Crippen molar-refractivity contribution >= 4 is 15.9 Å². The van der Waals surface area contributed by atoms with Gasteiger partial charge in [0.1, 0.15) is 11.6 Å². The molecule has 0 saturated carbocycles. The van der Waals surface area contributed by atoms with Crippen molar-refractivity contribution in [2.75, 3.05) is 0 Å². The van der Waals surface area contributed by atoms with Gasteiger partial charge < -0.3 is 5.73 Å². The van der Waals surface area contributed by atoms with E-state index in [1.54, 1.807) is 4.68 Å². The molecule has 3 nitrogen and oxygen atoms in total. The van der Waals surface area contributed by atoms with Crippen molar-refractivity contribution in [1.29, 1.82) is 0 Å². The number of nitrogens with zero attached hydrogens (tertiary/aromatic N) is 2. The molecule has 20 heavy (non-hydrogen) atoms. The third kappa shape index (κ3) is 3.24. The van der Waals surface area contributed by atoms with Gasteiger partial charge in [-0.2, -0.15) is 5.10 Å². The van der Waals surface area contributed by atoms with Crippen molar-refractivity contribution in [1.82, 2.24) is 9.78 Å². The Hall–Kier alpha value is -1.27. The zero-order chi connectivity index (χ0) is 14.9. The van der Waals surface area contributed by atoms with Gasteiger partial charge in [-0.1, -0.05) is 15.9 Å². The lowest BCUT2D eigenvalue weighted by molar-refractivity contribution is 0.507. The van der Waals surface area contributed by atoms with Crippen molar-refractivity contribution in [2.45, 2.75) is 32.4 Å². The second-order valence-electron chi connectivity index (χ2n) is 4.97. The third-order valence-corrected chi connectivity index (χ3v) is 3.49. The van der Waals surface area contributed by atoms with Gasteiger partial charge in [-0.05, 0) is 32.0 Å². The molecule has 0 aliphatic carbocycles. The molecule has 0 radical (unpaired) electrons. The number of hydrogen-bond acceptors (Lipinski definition) is 2. The summed E-state index contributed by atoms with van der Waals surface area (Å²) in [5, 5.41) is 4.33. The maximum absolute atomic E-state index is 13.8. The summed E-state index contributed by atoms with van der Waals surface area (Å²) in [6, 6.07) is 3.71. The molecular formula is C14H16BrF2N3. The summed E-state index contributed by atoms with van der Waals surface area (Å²) in [4.78, 5) is 0. The number of rotatable bonds is 4. The van der Waals surface area contributed by atoms with Gasteiger partial charge >= 0.3 is 0 Å². The van der Waals surface area contributed by atoms with Crippen molar-refractivity contribution in [2.24, 2.45) is 5.73 Å². The molecular weight excluding hydrogens is 328 g/mol. The van der Waals surface area contributed by atoms with Crippen LogP contribution in [0.2, 0.25) is 0 Å². The SMILES string of the molecule is CC(C)n1ccc(CC(N)c2c(F)cc(Br)cc2F)n1. The van der Waals surface area contributed by atoms with Crippen LogP contribution in [0.1, 0.15) is 37.2 Å². The Morgan fingerprint density at radius 2 is 1.90 bits per heavy atom. The summed E-state index contributed by atoms with van der Waals surface area (Å²) in [6.45, 7) is 4.01. The average molecular weight is 344 g/mol. The van der Waals surface area contributed by atoms with E-state index in [-0.39, 0.29) is 18.0 Å². The molecule has 0 fully saturated rings. The molecule has 0 aliphatic heterocycles. The van der Waals surface area contributed by atoms with Crippen LogP contribution in [0, 0.1) is 11.6 Å². The number of hydrogen-bond donors (Lipinski definition) is 1. The Labute approximate surface area is 124 Å². The Balaban J connectivity index is 2.21. The van der Waals surface area contributed by atoms with E-state index in [1.165, 1.54) is 12.1 Å². The van der Waals surface area contributed by atoms with E-state index in [9.17, 15) is 8.78 Å². The van der Waals surface area contributed by atoms with Gasteiger partial charge in [-0.25, -0.2) is 8.78 Å². The Morgan fingerprint density at radius 1 is 1.30 bits per heavy atom. The summed E-state index contributed by atoms with van der Waals surface area (Å²) in [7, 11) is 0. The number of aromatic nitrogens is 2. The molecule has 0 spiro atoms. The fourth-order valence-corrected chi connectivity index (χ4v) is 2.41. The van der Waals surface area contributed by atoms with E-state index in [0.29, 0.717) is 10.2 Å². The van der Waals surface area contributed by atoms with Gasteiger partial charge in [0.25, 0.3) is 0 Å². The summed E-state index contributed by atoms with van der Waals surface area (Å²) in [6.07, 6.45) is 2.12. The highest BCUT2D eigenvalue weighted by Crippen LogP contribution is 2.25. The van der Waals surface area contributed by atoms with Gasteiger partial charge in [0.2, 0.25) is 0 Å². The van der Waals surface area contributed by atoms with E-state index >= 15 is 0 Å². The van der Waals surface area contributed by atoms with E-state index in [0.717, 1.165) is 0 Å². The normalized spacial score (nSPS) is 12.9. The molecule has 0 aliphatic rings. The van der Waals surface area contributed by atoms with Crippen LogP contribution < -0.4 is 5.73 Å². The molecule has 2 rings (SSSR count). The number of halogens is 3. The van der Waals surface area contributed by atoms with Crippen molar-refractivity contribution in [3.8, 4) is 0 Å². The standard InChI is InChI=1S/C14H16BrF2N3/c1-8(2)20-4-3-10(19-20)7-13(18)14-11(16)5-9(15)6-12(14)17/h3-6,8,13H,7,18H2,1-2H3. The molecule has 0 bridgehead atoms. The maximum atomic E-state index is 13.8. The predicted molar refractivity (Wildman–Crippen MR) is 77.3 cm³/mol. The van der Waals surface area contributed by atoms with Crippen molar-refractivity contribution in [3.63, 3.8) is 0 Å². The van der Waals surface area contributed by atoms with Gasteiger partial charge in [-0.3, -0.25) is 4.68 Å². The topological polar surface area (TPSA) is 43.8 Å². The molecule has 2 aromatic rings. The molecule has 1 aromatic heterocycles. The van der Waals surface area contributed by atoms with E-state index in [4.69, 9.17) is 5.73 Å². The van der Waals surface area contributed by atoms with Crippen molar-refractivity contribution in [3.05, 3.63) is 51.8 Å². The Morgan fingerprint density at radius 3 is 2.40 bits per heavy atom. The molecule has 1 atom stereocenters. The van der Waals surface area contributed by atoms with Crippen LogP contribution in [0.3, 0.4) is 0 Å². The minimum absolute atomic E-state index is 0.104. The lowest BCUT2D eigenvalue weighted by Gasteiger charge is -2.13. The summed E-state index contributed by atoms with van der Waals surface area (Å²) < 4.78 is 29.8. The van der Waals surface area contributed by atoms with Crippen LogP contribution in [-0.2, 0) is 6.42 Å². The smallest absolute Gasteiger partial charge is 0.132 e. The fourth-order valence-electron chi connectivity index (χ4n) is 2.01. The second-order valence-corrected chi connectivity index (χ2v) is 5.89. The zero-order valence-electron chi connectivity index (χ0n) is 11.3. The zero-order valence-corrected chi connectivity index (χ0v) is 12.9. The fraction of sp³-hybridized carbons (Fsp3) is 0.357. The first-order chi connectivity index (χ1) is 9.38. The first-order valence-corrected chi connectivity index (χ1v) is 7.12. The Bertz CT molecular complexity index is 587. The molecule has 0 saturated heterocycles. The first-order valence-electron chi connectivity index (χ1n) is 6.32. The second kappa shape index (κ2) is 6.01. The molecule has 2 N–H and O–H groups in total. The number of nitrogens with two attached hydrogens (primary N) is 1. The van der Waals surface area contributed by atoms with E-state index in [2.05, 4.69) is 21.0 Å². The molecule has 1 aromatic carbocycles. The lowest BCUT2D eigenvalue weighted by atomic mass is 10.0. The molecule has 108 valence electrons. The molecule has 1 heterocycles. The first kappa shape index (κ1) is 15.1. The van der Waals surface area contributed by atoms with Crippen LogP contribution in [0.5, 0.6) is 0 Å². The summed E-state index contributed by atoms with van der Waals surface area (Å²) in [5.41, 5.74) is 6.53. The quantitative estimate of drug-likeness (QED) is 0.918. The maximum Gasteiger partial charge on any atom is 0.132 e. The molecule has 0 amide bonds. The van der Waals surface area contributed by atoms with Crippen molar-refractivity contribution < 1.29 is 8.78 Å². The van der Waals surface area contributed by atoms with Gasteiger partial charge in [-0.15, -0.1) is 0 Å². The predicted octanol–water partition coefficient (Wildman–Crippen LogP) is 3.75. The van der Waals surface area contributed by atoms with Crippen LogP contribution in [0.15, 0.2) is 28.9 Å².